The highest BCUT2D eigenvalue weighted by Crippen LogP contribution is 2.36. The van der Waals surface area contributed by atoms with E-state index in [1.165, 1.54) is 0 Å². The summed E-state index contributed by atoms with van der Waals surface area (Å²) in [7, 11) is 0. The maximum absolute atomic E-state index is 11.5. The lowest BCUT2D eigenvalue weighted by atomic mass is 9.73. The van der Waals surface area contributed by atoms with Crippen LogP contribution in [0.5, 0.6) is 0 Å². The average molecular weight is 326 g/mol. The molecule has 0 radical (unpaired) electrons. The summed E-state index contributed by atoms with van der Waals surface area (Å²) >= 11 is 0. The molecule has 134 valence electrons. The summed E-state index contributed by atoms with van der Waals surface area (Å²) in [6, 6.07) is 0. The smallest absolute Gasteiger partial charge is 0.222 e. The van der Waals surface area contributed by atoms with Gasteiger partial charge >= 0.3 is 0 Å². The van der Waals surface area contributed by atoms with Crippen LogP contribution in [0.15, 0.2) is 4.99 Å². The Morgan fingerprint density at radius 3 is 2.57 bits per heavy atom. The van der Waals surface area contributed by atoms with Crippen molar-refractivity contribution in [3.63, 3.8) is 0 Å². The number of aliphatic hydroxyl groups excluding tert-OH is 1. The Kier molecular flexibility index (Phi) is 8.37. The van der Waals surface area contributed by atoms with Crippen molar-refractivity contribution in [2.75, 3.05) is 26.2 Å². The van der Waals surface area contributed by atoms with E-state index in [2.05, 4.69) is 27.9 Å². The molecule has 6 heteroatoms. The molecule has 1 rings (SSSR count). The number of rotatable bonds is 7. The Morgan fingerprint density at radius 2 is 1.96 bits per heavy atom. The third kappa shape index (κ3) is 6.77. The van der Waals surface area contributed by atoms with Crippen molar-refractivity contribution in [2.45, 2.75) is 59.5 Å². The number of aliphatic hydroxyl groups is 1. The van der Waals surface area contributed by atoms with E-state index < -0.39 is 0 Å². The third-order valence-corrected chi connectivity index (χ3v) is 4.46. The number of amides is 1. The minimum atomic E-state index is -0.270. The molecule has 1 saturated carbocycles. The summed E-state index contributed by atoms with van der Waals surface area (Å²) in [4.78, 5) is 16.1. The molecular weight excluding hydrogens is 292 g/mol. The first-order valence-electron chi connectivity index (χ1n) is 8.87. The summed E-state index contributed by atoms with van der Waals surface area (Å²) in [6.45, 7) is 10.5. The summed E-state index contributed by atoms with van der Waals surface area (Å²) in [5.41, 5.74) is -0.132. The van der Waals surface area contributed by atoms with Crippen LogP contribution >= 0.6 is 0 Å². The quantitative estimate of drug-likeness (QED) is 0.322. The highest BCUT2D eigenvalue weighted by molar-refractivity contribution is 5.80. The number of guanidine groups is 1. The zero-order valence-electron chi connectivity index (χ0n) is 15.1. The maximum atomic E-state index is 11.5. The van der Waals surface area contributed by atoms with Gasteiger partial charge < -0.3 is 21.1 Å². The molecule has 2 atom stereocenters. The number of nitrogens with one attached hydrogen (secondary N) is 3. The second-order valence-electron chi connectivity index (χ2n) is 6.98. The van der Waals surface area contributed by atoms with E-state index in [9.17, 15) is 9.90 Å². The number of hydrogen-bond donors (Lipinski definition) is 4. The van der Waals surface area contributed by atoms with Crippen molar-refractivity contribution in [1.82, 2.24) is 16.0 Å². The van der Waals surface area contributed by atoms with Gasteiger partial charge in [0.2, 0.25) is 5.91 Å². The van der Waals surface area contributed by atoms with Crippen LogP contribution in [0.25, 0.3) is 0 Å². The SMILES string of the molecule is CCNC(=NCC1(C)CCCCC1O)NCCNC(=O)C(C)C. The number of aliphatic imine (C=N–C) groups is 1. The molecule has 0 aliphatic heterocycles. The molecule has 23 heavy (non-hydrogen) atoms. The molecule has 1 aliphatic rings. The predicted octanol–water partition coefficient (Wildman–Crippen LogP) is 1.25. The summed E-state index contributed by atoms with van der Waals surface area (Å²) < 4.78 is 0. The zero-order chi connectivity index (χ0) is 17.3. The molecule has 2 unspecified atom stereocenters. The van der Waals surface area contributed by atoms with Gasteiger partial charge in [-0.15, -0.1) is 0 Å². The number of carbonyl (C=O) groups excluding carboxylic acids is 1. The molecule has 4 N–H and O–H groups in total. The lowest BCUT2D eigenvalue weighted by Gasteiger charge is -2.37. The maximum Gasteiger partial charge on any atom is 0.222 e. The fourth-order valence-corrected chi connectivity index (χ4v) is 2.74. The lowest BCUT2D eigenvalue weighted by Crippen LogP contribution is -2.44. The Bertz CT molecular complexity index is 398. The molecule has 0 heterocycles. The fourth-order valence-electron chi connectivity index (χ4n) is 2.74. The molecule has 0 bridgehead atoms. The van der Waals surface area contributed by atoms with Gasteiger partial charge in [0, 0.05) is 31.0 Å². The molecule has 0 aromatic rings. The monoisotopic (exact) mass is 326 g/mol. The number of hydrogen-bond acceptors (Lipinski definition) is 3. The first kappa shape index (κ1) is 19.7. The van der Waals surface area contributed by atoms with Gasteiger partial charge in [-0.05, 0) is 19.8 Å². The molecule has 1 fully saturated rings. The van der Waals surface area contributed by atoms with Crippen LogP contribution in [0, 0.1) is 11.3 Å². The van der Waals surface area contributed by atoms with Crippen molar-refractivity contribution in [1.29, 1.82) is 0 Å². The van der Waals surface area contributed by atoms with Crippen molar-refractivity contribution in [2.24, 2.45) is 16.3 Å². The Labute approximate surface area is 140 Å². The van der Waals surface area contributed by atoms with E-state index in [1.54, 1.807) is 0 Å². The predicted molar refractivity (Wildman–Crippen MR) is 94.4 cm³/mol. The molecular formula is C17H34N4O2. The van der Waals surface area contributed by atoms with Crippen molar-refractivity contribution in [3.05, 3.63) is 0 Å². The molecule has 6 nitrogen and oxygen atoms in total. The van der Waals surface area contributed by atoms with Gasteiger partial charge in [0.05, 0.1) is 12.6 Å². The van der Waals surface area contributed by atoms with Gasteiger partial charge in [-0.2, -0.15) is 0 Å². The topological polar surface area (TPSA) is 85.8 Å². The average Bonchev–Trinajstić information content (AvgIpc) is 2.51. The number of carbonyl (C=O) groups is 1. The molecule has 0 spiro atoms. The Balaban J connectivity index is 2.45. The van der Waals surface area contributed by atoms with E-state index in [-0.39, 0.29) is 23.3 Å². The normalized spacial score (nSPS) is 25.3. The fraction of sp³-hybridized carbons (Fsp3) is 0.882. The van der Waals surface area contributed by atoms with Gasteiger partial charge in [-0.25, -0.2) is 0 Å². The van der Waals surface area contributed by atoms with Gasteiger partial charge in [0.15, 0.2) is 5.96 Å². The summed E-state index contributed by atoms with van der Waals surface area (Å²) in [5.74, 6) is 0.807. The van der Waals surface area contributed by atoms with Crippen LogP contribution in [0.3, 0.4) is 0 Å². The standard InChI is InChI=1S/C17H34N4O2/c1-5-18-16(20-11-10-19-15(23)13(2)3)21-12-17(4)9-7-6-8-14(17)22/h13-14,22H,5-12H2,1-4H3,(H,19,23)(H2,18,20,21). The van der Waals surface area contributed by atoms with E-state index >= 15 is 0 Å². The van der Waals surface area contributed by atoms with Crippen LogP contribution in [0.1, 0.15) is 53.4 Å². The second kappa shape index (κ2) is 9.75. The molecule has 0 aromatic heterocycles. The highest BCUT2D eigenvalue weighted by atomic mass is 16.3. The molecule has 0 saturated heterocycles. The second-order valence-corrected chi connectivity index (χ2v) is 6.98. The van der Waals surface area contributed by atoms with E-state index in [0.29, 0.717) is 19.6 Å². The molecule has 1 aliphatic carbocycles. The summed E-state index contributed by atoms with van der Waals surface area (Å²) in [5, 5.41) is 19.6. The zero-order valence-corrected chi connectivity index (χ0v) is 15.1. The van der Waals surface area contributed by atoms with E-state index in [1.807, 2.05) is 20.8 Å². The Morgan fingerprint density at radius 1 is 1.26 bits per heavy atom. The van der Waals surface area contributed by atoms with Crippen LogP contribution < -0.4 is 16.0 Å². The van der Waals surface area contributed by atoms with Crippen LogP contribution in [0.2, 0.25) is 0 Å². The number of nitrogens with zero attached hydrogens (tertiary/aromatic N) is 1. The van der Waals surface area contributed by atoms with Gasteiger partial charge in [-0.1, -0.05) is 33.6 Å². The largest absolute Gasteiger partial charge is 0.392 e. The third-order valence-electron chi connectivity index (χ3n) is 4.46. The van der Waals surface area contributed by atoms with Crippen LogP contribution in [-0.4, -0.2) is 49.3 Å². The highest BCUT2D eigenvalue weighted by Gasteiger charge is 2.35. The molecule has 0 aromatic carbocycles. The van der Waals surface area contributed by atoms with Crippen molar-refractivity contribution < 1.29 is 9.90 Å². The summed E-state index contributed by atoms with van der Waals surface area (Å²) in [6.07, 6.45) is 3.88. The minimum absolute atomic E-state index is 0.00430. The van der Waals surface area contributed by atoms with Gasteiger partial charge in [0.25, 0.3) is 0 Å². The first-order chi connectivity index (χ1) is 10.9. The minimum Gasteiger partial charge on any atom is -0.392 e. The lowest BCUT2D eigenvalue weighted by molar-refractivity contribution is -0.123. The molecule has 1 amide bonds. The van der Waals surface area contributed by atoms with E-state index in [4.69, 9.17) is 0 Å². The first-order valence-corrected chi connectivity index (χ1v) is 8.87. The van der Waals surface area contributed by atoms with Gasteiger partial charge in [0.1, 0.15) is 0 Å². The van der Waals surface area contributed by atoms with E-state index in [0.717, 1.165) is 38.2 Å². The Hall–Kier alpha value is -1.30. The van der Waals surface area contributed by atoms with Crippen molar-refractivity contribution in [3.8, 4) is 0 Å². The van der Waals surface area contributed by atoms with Crippen LogP contribution in [0.4, 0.5) is 0 Å². The van der Waals surface area contributed by atoms with Crippen LogP contribution in [-0.2, 0) is 4.79 Å². The van der Waals surface area contributed by atoms with Crippen molar-refractivity contribution >= 4 is 11.9 Å². The van der Waals surface area contributed by atoms with Gasteiger partial charge in [-0.3, -0.25) is 9.79 Å².